The Labute approximate surface area is 154 Å². The largest absolute Gasteiger partial charge is 0.471 e. The lowest BCUT2D eigenvalue weighted by Gasteiger charge is -2.21. The van der Waals surface area contributed by atoms with Gasteiger partial charge in [0.1, 0.15) is 5.75 Å². The maximum atomic E-state index is 12.2. The Morgan fingerprint density at radius 3 is 2.22 bits per heavy atom. The van der Waals surface area contributed by atoms with E-state index in [1.54, 1.807) is 12.1 Å². The quantitative estimate of drug-likeness (QED) is 0.541. The van der Waals surface area contributed by atoms with Crippen LogP contribution in [0, 0.1) is 5.41 Å². The van der Waals surface area contributed by atoms with Crippen molar-refractivity contribution in [3.05, 3.63) is 52.5 Å². The lowest BCUT2D eigenvalue weighted by Crippen LogP contribution is -2.32. The van der Waals surface area contributed by atoms with Gasteiger partial charge in [-0.2, -0.15) is 0 Å². The Morgan fingerprint density at radius 1 is 1.04 bits per heavy atom. The molecule has 0 aliphatic carbocycles. The molecule has 0 bridgehead atoms. The highest BCUT2D eigenvalue weighted by atomic mass is 79.9. The van der Waals surface area contributed by atoms with Crippen LogP contribution in [0.1, 0.15) is 20.8 Å². The van der Waals surface area contributed by atoms with Crippen LogP contribution in [0.3, 0.4) is 0 Å². The summed E-state index contributed by atoms with van der Waals surface area (Å²) in [4.78, 5) is 12.2. The van der Waals surface area contributed by atoms with Gasteiger partial charge in [-0.3, -0.25) is 4.79 Å². The summed E-state index contributed by atoms with van der Waals surface area (Å²) in [5.74, 6) is 0.481. The van der Waals surface area contributed by atoms with Gasteiger partial charge in [0.2, 0.25) is 5.01 Å². The minimum atomic E-state index is -0.718. The number of Topliss-reactive ketones (excluding diaryl/α,β-unsaturated/α-hetero) is 1. The number of benzene rings is 2. The summed E-state index contributed by atoms with van der Waals surface area (Å²) < 4.78 is 5.65. The topological polar surface area (TPSA) is 26.3 Å². The maximum absolute atomic E-state index is 12.2. The van der Waals surface area contributed by atoms with Crippen molar-refractivity contribution in [3.8, 4) is 16.9 Å². The Balaban J connectivity index is 2.24. The smallest absolute Gasteiger partial charge is 0.211 e. The monoisotopic (exact) mass is 414 g/mol. The summed E-state index contributed by atoms with van der Waals surface area (Å²) in [6.07, 6.45) is 0. The molecule has 122 valence electrons. The van der Waals surface area contributed by atoms with Crippen molar-refractivity contribution in [2.75, 3.05) is 0 Å². The van der Waals surface area contributed by atoms with Gasteiger partial charge in [-0.05, 0) is 40.2 Å². The predicted octanol–water partition coefficient (Wildman–Crippen LogP) is 6.38. The van der Waals surface area contributed by atoms with E-state index in [0.717, 1.165) is 11.1 Å². The number of hydrogen-bond donors (Lipinski definition) is 0. The van der Waals surface area contributed by atoms with Crippen LogP contribution in [-0.4, -0.2) is 10.8 Å². The van der Waals surface area contributed by atoms with Gasteiger partial charge in [-0.1, -0.05) is 62.2 Å². The molecule has 2 aromatic rings. The predicted molar refractivity (Wildman–Crippen MR) is 99.7 cm³/mol. The van der Waals surface area contributed by atoms with Crippen molar-refractivity contribution in [2.45, 2.75) is 25.8 Å². The molecule has 0 N–H and O–H groups in total. The second kappa shape index (κ2) is 7.25. The minimum Gasteiger partial charge on any atom is -0.471 e. The molecule has 0 fully saturated rings. The van der Waals surface area contributed by atoms with E-state index in [4.69, 9.17) is 27.9 Å². The average Bonchev–Trinajstić information content (AvgIpc) is 2.46. The third-order valence-electron chi connectivity index (χ3n) is 3.29. The molecule has 0 aliphatic rings. The molecule has 23 heavy (non-hydrogen) atoms. The van der Waals surface area contributed by atoms with E-state index in [9.17, 15) is 4.79 Å². The number of alkyl halides is 1. The van der Waals surface area contributed by atoms with E-state index in [2.05, 4.69) is 15.9 Å². The lowest BCUT2D eigenvalue weighted by molar-refractivity contribution is -0.129. The van der Waals surface area contributed by atoms with Crippen LogP contribution in [0.5, 0.6) is 5.75 Å². The van der Waals surface area contributed by atoms with Gasteiger partial charge in [0, 0.05) is 21.6 Å². The molecule has 2 aromatic carbocycles. The molecule has 0 saturated heterocycles. The molecule has 0 heterocycles. The average molecular weight is 416 g/mol. The molecule has 1 atom stereocenters. The first-order valence-corrected chi connectivity index (χ1v) is 8.77. The van der Waals surface area contributed by atoms with Crippen LogP contribution in [0.15, 0.2) is 42.5 Å². The molecule has 5 heteroatoms. The van der Waals surface area contributed by atoms with Gasteiger partial charge >= 0.3 is 0 Å². The Morgan fingerprint density at radius 2 is 1.65 bits per heavy atom. The molecular formula is C18H17BrCl2O2. The van der Waals surface area contributed by atoms with Gasteiger partial charge < -0.3 is 4.74 Å². The first kappa shape index (κ1) is 18.3. The fraction of sp³-hybridized carbons (Fsp3) is 0.278. The van der Waals surface area contributed by atoms with E-state index >= 15 is 0 Å². The van der Waals surface area contributed by atoms with Crippen molar-refractivity contribution in [1.29, 1.82) is 0 Å². The number of rotatable bonds is 4. The fourth-order valence-electron chi connectivity index (χ4n) is 1.98. The highest BCUT2D eigenvalue weighted by Crippen LogP contribution is 2.35. The third kappa shape index (κ3) is 4.50. The summed E-state index contributed by atoms with van der Waals surface area (Å²) in [5.41, 5.74) is 1.18. The van der Waals surface area contributed by atoms with Gasteiger partial charge in [-0.15, -0.1) is 0 Å². The fourth-order valence-corrected chi connectivity index (χ4v) is 3.39. The Bertz CT molecular complexity index is 723. The van der Waals surface area contributed by atoms with Gasteiger partial charge in [0.05, 0.1) is 5.02 Å². The van der Waals surface area contributed by atoms with Crippen LogP contribution < -0.4 is 4.74 Å². The van der Waals surface area contributed by atoms with E-state index in [1.165, 1.54) is 0 Å². The standard InChI is InChI=1S/C18H17BrCl2O2/c1-18(2,3)16(22)17(19)23-11-8-9-13(15(21)10-11)12-6-4-5-7-14(12)20/h4-10,17H,1-3H3. The first-order valence-electron chi connectivity index (χ1n) is 7.09. The van der Waals surface area contributed by atoms with E-state index < -0.39 is 10.4 Å². The van der Waals surface area contributed by atoms with Crippen LogP contribution in [0.25, 0.3) is 11.1 Å². The number of carbonyl (C=O) groups excluding carboxylic acids is 1. The number of ketones is 1. The van der Waals surface area contributed by atoms with Gasteiger partial charge in [-0.25, -0.2) is 0 Å². The van der Waals surface area contributed by atoms with Crippen LogP contribution in [-0.2, 0) is 4.79 Å². The number of ether oxygens (including phenoxy) is 1. The lowest BCUT2D eigenvalue weighted by atomic mass is 9.91. The van der Waals surface area contributed by atoms with Gasteiger partial charge in [0.15, 0.2) is 5.78 Å². The number of halogens is 3. The minimum absolute atomic E-state index is 0.0381. The second-order valence-electron chi connectivity index (χ2n) is 6.17. The first-order chi connectivity index (χ1) is 10.7. The van der Waals surface area contributed by atoms with Crippen LogP contribution in [0.2, 0.25) is 10.0 Å². The van der Waals surface area contributed by atoms with Crippen LogP contribution in [0.4, 0.5) is 0 Å². The number of hydrogen-bond acceptors (Lipinski definition) is 2. The SMILES string of the molecule is CC(C)(C)C(=O)C(Br)Oc1ccc(-c2ccccc2Cl)c(Cl)c1. The molecule has 2 nitrogen and oxygen atoms in total. The normalized spacial score (nSPS) is 12.8. The molecule has 0 amide bonds. The van der Waals surface area contributed by atoms with Crippen molar-refractivity contribution < 1.29 is 9.53 Å². The van der Waals surface area contributed by atoms with E-state index in [1.807, 2.05) is 51.1 Å². The maximum Gasteiger partial charge on any atom is 0.211 e. The van der Waals surface area contributed by atoms with Crippen molar-refractivity contribution in [3.63, 3.8) is 0 Å². The van der Waals surface area contributed by atoms with E-state index in [0.29, 0.717) is 15.8 Å². The van der Waals surface area contributed by atoms with Crippen LogP contribution >= 0.6 is 39.1 Å². The molecule has 0 saturated carbocycles. The van der Waals surface area contributed by atoms with E-state index in [-0.39, 0.29) is 5.78 Å². The molecule has 0 aromatic heterocycles. The summed E-state index contributed by atoms with van der Waals surface area (Å²) >= 11 is 15.8. The molecular weight excluding hydrogens is 399 g/mol. The summed E-state index contributed by atoms with van der Waals surface area (Å²) in [5, 5.41) is 0.424. The Hall–Kier alpha value is -1.03. The highest BCUT2D eigenvalue weighted by Gasteiger charge is 2.29. The van der Waals surface area contributed by atoms with Crippen molar-refractivity contribution in [2.24, 2.45) is 5.41 Å². The second-order valence-corrected chi connectivity index (χ2v) is 7.82. The third-order valence-corrected chi connectivity index (χ3v) is 4.53. The summed E-state index contributed by atoms with van der Waals surface area (Å²) in [6.45, 7) is 5.54. The summed E-state index contributed by atoms with van der Waals surface area (Å²) in [6, 6.07) is 12.8. The zero-order chi connectivity index (χ0) is 17.2. The molecule has 1 unspecified atom stereocenters. The summed E-state index contributed by atoms with van der Waals surface area (Å²) in [7, 11) is 0. The highest BCUT2D eigenvalue weighted by molar-refractivity contribution is 9.09. The molecule has 0 spiro atoms. The molecule has 0 aliphatic heterocycles. The number of carbonyl (C=O) groups is 1. The molecule has 2 rings (SSSR count). The van der Waals surface area contributed by atoms with Gasteiger partial charge in [0.25, 0.3) is 0 Å². The van der Waals surface area contributed by atoms with Crippen molar-refractivity contribution in [1.82, 2.24) is 0 Å². The Kier molecular flexibility index (Phi) is 5.77. The van der Waals surface area contributed by atoms with Crippen molar-refractivity contribution >= 4 is 44.9 Å². The zero-order valence-electron chi connectivity index (χ0n) is 13.1. The molecule has 0 radical (unpaired) electrons. The zero-order valence-corrected chi connectivity index (χ0v) is 16.2.